The second kappa shape index (κ2) is 15.5. The molecule has 0 N–H and O–H groups in total. The standard InChI is InChI=1S/C15H32ClNO3/c1-4-5-9-18-11-13-20-14-12-19-10-8-17(3)7-6-15(2)16/h15H,4-14H2,1-3H3. The van der Waals surface area contributed by atoms with Crippen molar-refractivity contribution >= 4 is 11.6 Å². The summed E-state index contributed by atoms with van der Waals surface area (Å²) in [5, 5.41) is 0.242. The number of nitrogens with zero attached hydrogens (tertiary/aromatic N) is 1. The van der Waals surface area contributed by atoms with E-state index in [1.807, 2.05) is 6.92 Å². The molecule has 0 saturated heterocycles. The van der Waals surface area contributed by atoms with Gasteiger partial charge in [0.2, 0.25) is 0 Å². The number of alkyl halides is 1. The van der Waals surface area contributed by atoms with Gasteiger partial charge in [0.25, 0.3) is 0 Å². The molecule has 0 aromatic carbocycles. The molecule has 0 aliphatic carbocycles. The molecule has 0 amide bonds. The second-order valence-corrected chi connectivity index (χ2v) is 5.81. The highest BCUT2D eigenvalue weighted by atomic mass is 35.5. The largest absolute Gasteiger partial charge is 0.379 e. The van der Waals surface area contributed by atoms with Crippen molar-refractivity contribution in [3.05, 3.63) is 0 Å². The van der Waals surface area contributed by atoms with E-state index in [1.54, 1.807) is 0 Å². The highest BCUT2D eigenvalue weighted by molar-refractivity contribution is 6.20. The molecule has 122 valence electrons. The third-order valence-electron chi connectivity index (χ3n) is 2.91. The van der Waals surface area contributed by atoms with Crippen LogP contribution < -0.4 is 0 Å². The Kier molecular flexibility index (Phi) is 15.6. The van der Waals surface area contributed by atoms with E-state index in [2.05, 4.69) is 18.9 Å². The average molecular weight is 310 g/mol. The molecule has 0 radical (unpaired) electrons. The number of unbranched alkanes of at least 4 members (excludes halogenated alkanes) is 1. The fourth-order valence-corrected chi connectivity index (χ4v) is 1.62. The van der Waals surface area contributed by atoms with E-state index in [-0.39, 0.29) is 5.38 Å². The van der Waals surface area contributed by atoms with Crippen LogP contribution in [-0.4, -0.2) is 70.1 Å². The third-order valence-corrected chi connectivity index (χ3v) is 3.13. The van der Waals surface area contributed by atoms with Crippen molar-refractivity contribution in [3.8, 4) is 0 Å². The average Bonchev–Trinajstić information content (AvgIpc) is 2.42. The monoisotopic (exact) mass is 309 g/mol. The first-order chi connectivity index (χ1) is 9.66. The van der Waals surface area contributed by atoms with Crippen molar-refractivity contribution in [1.29, 1.82) is 0 Å². The van der Waals surface area contributed by atoms with Crippen LogP contribution in [0.3, 0.4) is 0 Å². The van der Waals surface area contributed by atoms with E-state index < -0.39 is 0 Å². The lowest BCUT2D eigenvalue weighted by Gasteiger charge is -2.17. The Bertz CT molecular complexity index is 194. The highest BCUT2D eigenvalue weighted by Crippen LogP contribution is 2.00. The molecule has 0 aliphatic rings. The molecule has 0 spiro atoms. The Hall–Kier alpha value is 0.130. The zero-order valence-electron chi connectivity index (χ0n) is 13.4. The first-order valence-corrected chi connectivity index (χ1v) is 8.16. The van der Waals surface area contributed by atoms with Crippen LogP contribution in [0.25, 0.3) is 0 Å². The topological polar surface area (TPSA) is 30.9 Å². The van der Waals surface area contributed by atoms with Gasteiger partial charge in [-0.1, -0.05) is 13.3 Å². The van der Waals surface area contributed by atoms with Crippen molar-refractivity contribution in [2.45, 2.75) is 38.5 Å². The van der Waals surface area contributed by atoms with Crippen LogP contribution in [0.1, 0.15) is 33.1 Å². The van der Waals surface area contributed by atoms with E-state index in [9.17, 15) is 0 Å². The van der Waals surface area contributed by atoms with Gasteiger partial charge in [-0.15, -0.1) is 11.6 Å². The Morgan fingerprint density at radius 3 is 2.00 bits per heavy atom. The summed E-state index contributed by atoms with van der Waals surface area (Å²) >= 11 is 5.91. The Morgan fingerprint density at radius 2 is 1.45 bits per heavy atom. The molecule has 0 aliphatic heterocycles. The number of likely N-dealkylation sites (N-methyl/N-ethyl adjacent to an activating group) is 1. The molecule has 1 atom stereocenters. The van der Waals surface area contributed by atoms with Gasteiger partial charge in [0.05, 0.1) is 33.0 Å². The highest BCUT2D eigenvalue weighted by Gasteiger charge is 2.01. The third kappa shape index (κ3) is 16.2. The van der Waals surface area contributed by atoms with Gasteiger partial charge in [0, 0.05) is 18.5 Å². The van der Waals surface area contributed by atoms with Crippen LogP contribution in [0.2, 0.25) is 0 Å². The molecule has 0 saturated carbocycles. The second-order valence-electron chi connectivity index (χ2n) is 5.06. The summed E-state index contributed by atoms with van der Waals surface area (Å²) in [5.74, 6) is 0. The minimum absolute atomic E-state index is 0.242. The number of hydrogen-bond acceptors (Lipinski definition) is 4. The van der Waals surface area contributed by atoms with E-state index >= 15 is 0 Å². The molecule has 5 heteroatoms. The Balaban J connectivity index is 3.09. The molecule has 0 fully saturated rings. The molecule has 20 heavy (non-hydrogen) atoms. The fourth-order valence-electron chi connectivity index (χ4n) is 1.52. The van der Waals surface area contributed by atoms with Crippen molar-refractivity contribution in [2.24, 2.45) is 0 Å². The molecule has 4 nitrogen and oxygen atoms in total. The van der Waals surface area contributed by atoms with Crippen LogP contribution in [0, 0.1) is 0 Å². The predicted octanol–water partition coefficient (Wildman–Crippen LogP) is 2.79. The molecule has 0 bridgehead atoms. The number of ether oxygens (including phenoxy) is 3. The molecule has 0 aromatic rings. The van der Waals surface area contributed by atoms with E-state index in [0.717, 1.165) is 39.1 Å². The quantitative estimate of drug-likeness (QED) is 0.344. The molecular formula is C15H32ClNO3. The normalized spacial score (nSPS) is 13.1. The van der Waals surface area contributed by atoms with Gasteiger partial charge >= 0.3 is 0 Å². The SMILES string of the molecule is CCCCOCCOCCOCCN(C)CCC(C)Cl. The lowest BCUT2D eigenvalue weighted by Crippen LogP contribution is -2.26. The summed E-state index contributed by atoms with van der Waals surface area (Å²) < 4.78 is 16.3. The van der Waals surface area contributed by atoms with Crippen LogP contribution >= 0.6 is 11.6 Å². The van der Waals surface area contributed by atoms with Gasteiger partial charge in [0.1, 0.15) is 0 Å². The zero-order chi connectivity index (χ0) is 15.1. The van der Waals surface area contributed by atoms with E-state index in [1.165, 1.54) is 6.42 Å². The van der Waals surface area contributed by atoms with Gasteiger partial charge in [-0.2, -0.15) is 0 Å². The molecule has 0 rings (SSSR count). The van der Waals surface area contributed by atoms with Gasteiger partial charge in [-0.05, 0) is 33.4 Å². The van der Waals surface area contributed by atoms with E-state index in [0.29, 0.717) is 26.4 Å². The van der Waals surface area contributed by atoms with Crippen LogP contribution in [-0.2, 0) is 14.2 Å². The van der Waals surface area contributed by atoms with Crippen molar-refractivity contribution < 1.29 is 14.2 Å². The molecule has 0 heterocycles. The molecule has 1 unspecified atom stereocenters. The summed E-state index contributed by atoms with van der Waals surface area (Å²) in [6.07, 6.45) is 3.31. The lowest BCUT2D eigenvalue weighted by atomic mass is 10.3. The van der Waals surface area contributed by atoms with E-state index in [4.69, 9.17) is 25.8 Å². The minimum atomic E-state index is 0.242. The minimum Gasteiger partial charge on any atom is -0.379 e. The maximum Gasteiger partial charge on any atom is 0.0701 e. The summed E-state index contributed by atoms with van der Waals surface area (Å²) in [6.45, 7) is 10.3. The molecular weight excluding hydrogens is 278 g/mol. The van der Waals surface area contributed by atoms with Gasteiger partial charge in [-0.25, -0.2) is 0 Å². The number of rotatable bonds is 15. The van der Waals surface area contributed by atoms with Crippen molar-refractivity contribution in [1.82, 2.24) is 4.90 Å². The summed E-state index contributed by atoms with van der Waals surface area (Å²) in [6, 6.07) is 0. The number of halogens is 1. The van der Waals surface area contributed by atoms with Crippen molar-refractivity contribution in [2.75, 3.05) is 59.8 Å². The van der Waals surface area contributed by atoms with Crippen molar-refractivity contribution in [3.63, 3.8) is 0 Å². The summed E-state index contributed by atoms with van der Waals surface area (Å²) in [7, 11) is 2.09. The predicted molar refractivity (Wildman–Crippen MR) is 84.8 cm³/mol. The lowest BCUT2D eigenvalue weighted by molar-refractivity contribution is 0.0111. The van der Waals surface area contributed by atoms with Crippen LogP contribution in [0.5, 0.6) is 0 Å². The summed E-state index contributed by atoms with van der Waals surface area (Å²) in [4.78, 5) is 2.24. The first kappa shape index (κ1) is 20.1. The van der Waals surface area contributed by atoms with Crippen LogP contribution in [0.15, 0.2) is 0 Å². The number of hydrogen-bond donors (Lipinski definition) is 0. The maximum absolute atomic E-state index is 5.91. The van der Waals surface area contributed by atoms with Gasteiger partial charge in [0.15, 0.2) is 0 Å². The smallest absolute Gasteiger partial charge is 0.0701 e. The van der Waals surface area contributed by atoms with Gasteiger partial charge in [-0.3, -0.25) is 0 Å². The fraction of sp³-hybridized carbons (Fsp3) is 1.00. The Morgan fingerprint density at radius 1 is 0.900 bits per heavy atom. The van der Waals surface area contributed by atoms with Crippen LogP contribution in [0.4, 0.5) is 0 Å². The first-order valence-electron chi connectivity index (χ1n) is 7.72. The Labute approximate surface area is 129 Å². The maximum atomic E-state index is 5.91. The zero-order valence-corrected chi connectivity index (χ0v) is 14.2. The summed E-state index contributed by atoms with van der Waals surface area (Å²) in [5.41, 5.74) is 0. The van der Waals surface area contributed by atoms with Gasteiger partial charge < -0.3 is 19.1 Å². The molecule has 0 aromatic heterocycles.